The molecule has 8 nitrogen and oxygen atoms in total. The van der Waals surface area contributed by atoms with Crippen LogP contribution in [0.15, 0.2) is 24.5 Å². The quantitative estimate of drug-likeness (QED) is 0.664. The maximum atomic E-state index is 11.1. The number of aromatic nitrogens is 3. The zero-order valence-corrected chi connectivity index (χ0v) is 11.1. The Kier molecular flexibility index (Phi) is 3.23. The van der Waals surface area contributed by atoms with Crippen molar-refractivity contribution in [3.05, 3.63) is 46.0 Å². The topological polar surface area (TPSA) is 110 Å². The van der Waals surface area contributed by atoms with Crippen LogP contribution in [0.3, 0.4) is 0 Å². The van der Waals surface area contributed by atoms with Crippen molar-refractivity contribution in [2.24, 2.45) is 0 Å². The molecule has 1 heterocycles. The third-order valence-electron chi connectivity index (χ3n) is 3.35. The summed E-state index contributed by atoms with van der Waals surface area (Å²) in [6.45, 7) is 0.350. The van der Waals surface area contributed by atoms with Crippen molar-refractivity contribution in [3.63, 3.8) is 0 Å². The Morgan fingerprint density at radius 3 is 3.00 bits per heavy atom. The van der Waals surface area contributed by atoms with Crippen molar-refractivity contribution < 1.29 is 4.92 Å². The number of benzene rings is 1. The van der Waals surface area contributed by atoms with E-state index in [0.29, 0.717) is 18.3 Å². The minimum atomic E-state index is -0.505. The standard InChI is InChI=1S/C13H12N6O2/c14-6-9-1-4-11(12(5-9)19(20)21)15-7-13-17-16-8-18(13)10-2-3-10/h1,4-5,8,10,15H,2-3,7H2. The summed E-state index contributed by atoms with van der Waals surface area (Å²) in [7, 11) is 0. The van der Waals surface area contributed by atoms with Crippen LogP contribution in [0.25, 0.3) is 0 Å². The number of nitro benzene ring substituents is 1. The summed E-state index contributed by atoms with van der Waals surface area (Å²) >= 11 is 0. The Hall–Kier alpha value is -2.95. The van der Waals surface area contributed by atoms with Gasteiger partial charge in [0.15, 0.2) is 5.82 Å². The second-order valence-corrected chi connectivity index (χ2v) is 4.84. The van der Waals surface area contributed by atoms with Gasteiger partial charge in [0.2, 0.25) is 0 Å². The van der Waals surface area contributed by atoms with Gasteiger partial charge in [-0.05, 0) is 25.0 Å². The largest absolute Gasteiger partial charge is 0.372 e. The van der Waals surface area contributed by atoms with Crippen molar-refractivity contribution >= 4 is 11.4 Å². The van der Waals surface area contributed by atoms with E-state index in [4.69, 9.17) is 5.26 Å². The SMILES string of the molecule is N#Cc1ccc(NCc2nncn2C2CC2)c([N+](=O)[O-])c1. The van der Waals surface area contributed by atoms with Gasteiger partial charge in [0, 0.05) is 12.1 Å². The lowest BCUT2D eigenvalue weighted by molar-refractivity contribution is -0.384. The number of nitro groups is 1. The van der Waals surface area contributed by atoms with Crippen LogP contribution in [0.2, 0.25) is 0 Å². The zero-order chi connectivity index (χ0) is 14.8. The van der Waals surface area contributed by atoms with Crippen molar-refractivity contribution in [1.29, 1.82) is 5.26 Å². The molecule has 0 saturated heterocycles. The molecule has 1 aliphatic rings. The zero-order valence-electron chi connectivity index (χ0n) is 11.1. The summed E-state index contributed by atoms with van der Waals surface area (Å²) in [4.78, 5) is 10.6. The van der Waals surface area contributed by atoms with Crippen LogP contribution in [-0.4, -0.2) is 19.7 Å². The first-order valence-electron chi connectivity index (χ1n) is 6.50. The molecule has 0 spiro atoms. The first-order valence-corrected chi connectivity index (χ1v) is 6.50. The Morgan fingerprint density at radius 1 is 1.52 bits per heavy atom. The molecular weight excluding hydrogens is 272 g/mol. The smallest absolute Gasteiger partial charge is 0.293 e. The van der Waals surface area contributed by atoms with Crippen molar-refractivity contribution in [2.45, 2.75) is 25.4 Å². The molecule has 1 fully saturated rings. The molecule has 106 valence electrons. The average molecular weight is 284 g/mol. The predicted octanol–water partition coefficient (Wildman–Crippen LogP) is 2.00. The minimum Gasteiger partial charge on any atom is -0.372 e. The van der Waals surface area contributed by atoms with Crippen molar-refractivity contribution in [3.8, 4) is 6.07 Å². The number of nitriles is 1. The highest BCUT2D eigenvalue weighted by atomic mass is 16.6. The van der Waals surface area contributed by atoms with Crippen LogP contribution >= 0.6 is 0 Å². The molecule has 8 heteroatoms. The highest BCUT2D eigenvalue weighted by molar-refractivity contribution is 5.63. The lowest BCUT2D eigenvalue weighted by Gasteiger charge is -2.08. The van der Waals surface area contributed by atoms with E-state index in [0.717, 1.165) is 18.7 Å². The van der Waals surface area contributed by atoms with Crippen LogP contribution in [0.4, 0.5) is 11.4 Å². The van der Waals surface area contributed by atoms with Gasteiger partial charge in [0.1, 0.15) is 12.0 Å². The number of nitrogens with zero attached hydrogens (tertiary/aromatic N) is 5. The summed E-state index contributed by atoms with van der Waals surface area (Å²) < 4.78 is 1.99. The van der Waals surface area contributed by atoms with Crippen molar-refractivity contribution in [2.75, 3.05) is 5.32 Å². The lowest BCUT2D eigenvalue weighted by atomic mass is 10.2. The summed E-state index contributed by atoms with van der Waals surface area (Å²) in [5.41, 5.74) is 0.504. The van der Waals surface area contributed by atoms with Gasteiger partial charge in [-0.25, -0.2) is 0 Å². The molecular formula is C13H12N6O2. The second kappa shape index (κ2) is 5.20. The van der Waals surface area contributed by atoms with E-state index in [2.05, 4.69) is 15.5 Å². The molecule has 1 saturated carbocycles. The van der Waals surface area contributed by atoms with E-state index >= 15 is 0 Å². The van der Waals surface area contributed by atoms with Crippen LogP contribution in [-0.2, 0) is 6.54 Å². The van der Waals surface area contributed by atoms with Crippen molar-refractivity contribution in [1.82, 2.24) is 14.8 Å². The number of nitrogens with one attached hydrogen (secondary N) is 1. The monoisotopic (exact) mass is 284 g/mol. The predicted molar refractivity (Wildman–Crippen MR) is 73.4 cm³/mol. The summed E-state index contributed by atoms with van der Waals surface area (Å²) in [5, 5.41) is 30.8. The van der Waals surface area contributed by atoms with E-state index in [1.54, 1.807) is 12.4 Å². The first-order chi connectivity index (χ1) is 10.2. The third-order valence-corrected chi connectivity index (χ3v) is 3.35. The Labute approximate surface area is 120 Å². The van der Waals surface area contributed by atoms with Crippen LogP contribution in [0.5, 0.6) is 0 Å². The van der Waals surface area contributed by atoms with Gasteiger partial charge in [0.05, 0.1) is 23.1 Å². The summed E-state index contributed by atoms with van der Waals surface area (Å²) in [6, 6.07) is 6.68. The molecule has 1 aromatic heterocycles. The van der Waals surface area contributed by atoms with Gasteiger partial charge in [-0.1, -0.05) is 0 Å². The molecule has 1 N–H and O–H groups in total. The summed E-state index contributed by atoms with van der Waals surface area (Å²) in [5.74, 6) is 0.746. The molecule has 0 aliphatic heterocycles. The van der Waals surface area contributed by atoms with Gasteiger partial charge in [-0.15, -0.1) is 10.2 Å². The Bertz CT molecular complexity index is 729. The van der Waals surface area contributed by atoms with Crippen LogP contribution < -0.4 is 5.32 Å². The fourth-order valence-electron chi connectivity index (χ4n) is 2.13. The molecule has 0 amide bonds. The first kappa shape index (κ1) is 13.1. The van der Waals surface area contributed by atoms with Crippen LogP contribution in [0, 0.1) is 21.4 Å². The van der Waals surface area contributed by atoms with Gasteiger partial charge < -0.3 is 9.88 Å². The fraction of sp³-hybridized carbons (Fsp3) is 0.308. The highest BCUT2D eigenvalue weighted by Crippen LogP contribution is 2.35. The third kappa shape index (κ3) is 2.67. The molecule has 0 unspecified atom stereocenters. The second-order valence-electron chi connectivity index (χ2n) is 4.84. The summed E-state index contributed by atoms with van der Waals surface area (Å²) in [6.07, 6.45) is 3.91. The van der Waals surface area contributed by atoms with E-state index < -0.39 is 4.92 Å². The van der Waals surface area contributed by atoms with Gasteiger partial charge in [-0.3, -0.25) is 10.1 Å². The van der Waals surface area contributed by atoms with E-state index in [-0.39, 0.29) is 11.3 Å². The molecule has 2 aromatic rings. The van der Waals surface area contributed by atoms with E-state index in [9.17, 15) is 10.1 Å². The molecule has 3 rings (SSSR count). The van der Waals surface area contributed by atoms with Gasteiger partial charge in [0.25, 0.3) is 5.69 Å². The van der Waals surface area contributed by atoms with Gasteiger partial charge >= 0.3 is 0 Å². The maximum absolute atomic E-state index is 11.1. The molecule has 21 heavy (non-hydrogen) atoms. The molecule has 0 atom stereocenters. The fourth-order valence-corrected chi connectivity index (χ4v) is 2.13. The number of hydrogen-bond donors (Lipinski definition) is 1. The number of rotatable bonds is 5. The Morgan fingerprint density at radius 2 is 2.33 bits per heavy atom. The normalized spacial score (nSPS) is 13.7. The lowest BCUT2D eigenvalue weighted by Crippen LogP contribution is -2.08. The minimum absolute atomic E-state index is 0.119. The maximum Gasteiger partial charge on any atom is 0.293 e. The molecule has 0 radical (unpaired) electrons. The Balaban J connectivity index is 1.80. The molecule has 1 aromatic carbocycles. The van der Waals surface area contributed by atoms with Gasteiger partial charge in [-0.2, -0.15) is 5.26 Å². The van der Waals surface area contributed by atoms with Crippen LogP contribution in [0.1, 0.15) is 30.3 Å². The highest BCUT2D eigenvalue weighted by Gasteiger charge is 2.26. The number of anilines is 1. The molecule has 1 aliphatic carbocycles. The van der Waals surface area contributed by atoms with E-state index in [1.807, 2.05) is 10.6 Å². The molecule has 0 bridgehead atoms. The van der Waals surface area contributed by atoms with E-state index in [1.165, 1.54) is 12.1 Å². The average Bonchev–Trinajstić information content (AvgIpc) is 3.23. The number of hydrogen-bond acceptors (Lipinski definition) is 6.